The van der Waals surface area contributed by atoms with Crippen LogP contribution < -0.4 is 11.5 Å². The van der Waals surface area contributed by atoms with E-state index in [1.165, 1.54) is 43.3 Å². The third-order valence-electron chi connectivity index (χ3n) is 3.64. The lowest BCUT2D eigenvalue weighted by molar-refractivity contribution is -0.141. The van der Waals surface area contributed by atoms with Crippen molar-refractivity contribution in [3.8, 4) is 11.5 Å². The van der Waals surface area contributed by atoms with Crippen LogP contribution in [-0.4, -0.2) is 21.3 Å². The van der Waals surface area contributed by atoms with Crippen molar-refractivity contribution in [3.63, 3.8) is 0 Å². The fraction of sp³-hybridized carbons (Fsp3) is 0.133. The SMILES string of the molecule is CC(C(=O)O)(c1ccc(O)c(N)c1)c1ccc(O)c(N)c1. The van der Waals surface area contributed by atoms with Gasteiger partial charge in [-0.2, -0.15) is 0 Å². The average molecular weight is 288 g/mol. The van der Waals surface area contributed by atoms with Crippen LogP contribution in [0.25, 0.3) is 0 Å². The van der Waals surface area contributed by atoms with E-state index >= 15 is 0 Å². The lowest BCUT2D eigenvalue weighted by Gasteiger charge is -2.27. The fourth-order valence-corrected chi connectivity index (χ4v) is 2.14. The summed E-state index contributed by atoms with van der Waals surface area (Å²) in [6.07, 6.45) is 0. The zero-order valence-electron chi connectivity index (χ0n) is 11.4. The van der Waals surface area contributed by atoms with Crippen LogP contribution in [0.5, 0.6) is 11.5 Å². The largest absolute Gasteiger partial charge is 0.506 e. The molecule has 7 N–H and O–H groups in total. The summed E-state index contributed by atoms with van der Waals surface area (Å²) >= 11 is 0. The van der Waals surface area contributed by atoms with Gasteiger partial charge in [-0.05, 0) is 42.3 Å². The molecule has 0 atom stereocenters. The Hall–Kier alpha value is -2.89. The van der Waals surface area contributed by atoms with Gasteiger partial charge in [-0.15, -0.1) is 0 Å². The van der Waals surface area contributed by atoms with E-state index in [0.717, 1.165) is 0 Å². The zero-order chi connectivity index (χ0) is 15.8. The van der Waals surface area contributed by atoms with E-state index in [-0.39, 0.29) is 22.9 Å². The summed E-state index contributed by atoms with van der Waals surface area (Å²) in [5.74, 6) is -1.33. The fourth-order valence-electron chi connectivity index (χ4n) is 2.14. The Morgan fingerprint density at radius 1 is 0.952 bits per heavy atom. The molecule has 0 heterocycles. The van der Waals surface area contributed by atoms with Gasteiger partial charge in [0.25, 0.3) is 0 Å². The number of benzene rings is 2. The molecule has 0 aliphatic heterocycles. The van der Waals surface area contributed by atoms with Crippen molar-refractivity contribution in [2.75, 3.05) is 11.5 Å². The molecule has 2 aromatic carbocycles. The first-order valence-electron chi connectivity index (χ1n) is 6.18. The van der Waals surface area contributed by atoms with E-state index in [1.54, 1.807) is 0 Å². The Morgan fingerprint density at radius 3 is 1.62 bits per heavy atom. The highest BCUT2D eigenvalue weighted by Gasteiger charge is 2.38. The number of rotatable bonds is 3. The van der Waals surface area contributed by atoms with Crippen LogP contribution in [0.3, 0.4) is 0 Å². The van der Waals surface area contributed by atoms with Gasteiger partial charge in [0.15, 0.2) is 0 Å². The summed E-state index contributed by atoms with van der Waals surface area (Å²) < 4.78 is 0. The first kappa shape index (κ1) is 14.5. The third kappa shape index (κ3) is 2.31. The van der Waals surface area contributed by atoms with Gasteiger partial charge < -0.3 is 26.8 Å². The van der Waals surface area contributed by atoms with Crippen LogP contribution in [0.4, 0.5) is 11.4 Å². The number of anilines is 2. The smallest absolute Gasteiger partial charge is 0.318 e. The quantitative estimate of drug-likeness (QED) is 0.431. The number of aliphatic carboxylic acids is 1. The maximum Gasteiger partial charge on any atom is 0.318 e. The number of nitrogen functional groups attached to an aromatic ring is 2. The number of phenolic OH excluding ortho intramolecular Hbond substituents is 2. The molecule has 21 heavy (non-hydrogen) atoms. The second-order valence-corrected chi connectivity index (χ2v) is 4.98. The second-order valence-electron chi connectivity index (χ2n) is 4.98. The van der Waals surface area contributed by atoms with E-state index in [4.69, 9.17) is 11.5 Å². The topological polar surface area (TPSA) is 130 Å². The van der Waals surface area contributed by atoms with Gasteiger partial charge in [0.2, 0.25) is 0 Å². The number of carbonyl (C=O) groups is 1. The van der Waals surface area contributed by atoms with Gasteiger partial charge in [-0.25, -0.2) is 0 Å². The molecular formula is C15H16N2O4. The maximum absolute atomic E-state index is 11.8. The van der Waals surface area contributed by atoms with Crippen molar-refractivity contribution in [1.82, 2.24) is 0 Å². The molecule has 2 rings (SSSR count). The second kappa shape index (κ2) is 4.90. The number of carboxylic acids is 1. The molecule has 0 aromatic heterocycles. The van der Waals surface area contributed by atoms with E-state index in [0.29, 0.717) is 11.1 Å². The Kier molecular flexibility index (Phi) is 3.39. The van der Waals surface area contributed by atoms with E-state index in [2.05, 4.69) is 0 Å². The van der Waals surface area contributed by atoms with Crippen molar-refractivity contribution in [1.29, 1.82) is 0 Å². The third-order valence-corrected chi connectivity index (χ3v) is 3.64. The summed E-state index contributed by atoms with van der Waals surface area (Å²) in [6, 6.07) is 8.48. The van der Waals surface area contributed by atoms with E-state index in [1.807, 2.05) is 0 Å². The lowest BCUT2D eigenvalue weighted by Crippen LogP contribution is -2.33. The summed E-state index contributed by atoms with van der Waals surface area (Å²) in [6.45, 7) is 1.51. The number of carboxylic acid groups (broad SMARTS) is 1. The molecule has 0 unspecified atom stereocenters. The van der Waals surface area contributed by atoms with Crippen LogP contribution in [0, 0.1) is 0 Å². The molecule has 0 fully saturated rings. The first-order chi connectivity index (χ1) is 9.76. The molecule has 0 radical (unpaired) electrons. The van der Waals surface area contributed by atoms with Crippen molar-refractivity contribution < 1.29 is 20.1 Å². The Bertz CT molecular complexity index is 661. The van der Waals surface area contributed by atoms with Crippen LogP contribution >= 0.6 is 0 Å². The minimum atomic E-state index is -1.41. The van der Waals surface area contributed by atoms with Crippen molar-refractivity contribution >= 4 is 17.3 Å². The minimum absolute atomic E-state index is 0.0896. The minimum Gasteiger partial charge on any atom is -0.506 e. The van der Waals surface area contributed by atoms with Crippen LogP contribution in [0.1, 0.15) is 18.1 Å². The number of nitrogens with two attached hydrogens (primary N) is 2. The highest BCUT2D eigenvalue weighted by molar-refractivity contribution is 5.86. The van der Waals surface area contributed by atoms with Gasteiger partial charge in [0.05, 0.1) is 11.4 Å². The number of phenols is 2. The Balaban J connectivity index is 2.67. The molecule has 6 nitrogen and oxygen atoms in total. The normalized spacial score (nSPS) is 11.3. The van der Waals surface area contributed by atoms with Crippen LogP contribution in [-0.2, 0) is 10.2 Å². The molecule has 2 aromatic rings. The predicted octanol–water partition coefficient (Wildman–Crippen LogP) is 1.65. The molecule has 0 spiro atoms. The van der Waals surface area contributed by atoms with Gasteiger partial charge in [0, 0.05) is 0 Å². The molecule has 0 bridgehead atoms. The summed E-state index contributed by atoms with van der Waals surface area (Å²) in [4.78, 5) is 11.8. The van der Waals surface area contributed by atoms with Gasteiger partial charge in [0.1, 0.15) is 16.9 Å². The van der Waals surface area contributed by atoms with Crippen LogP contribution in [0.2, 0.25) is 0 Å². The van der Waals surface area contributed by atoms with Gasteiger partial charge in [-0.3, -0.25) is 4.79 Å². The molecule has 0 saturated carbocycles. The van der Waals surface area contributed by atoms with Crippen molar-refractivity contribution in [2.24, 2.45) is 0 Å². The van der Waals surface area contributed by atoms with E-state index < -0.39 is 11.4 Å². The molecule has 0 aliphatic rings. The predicted molar refractivity (Wildman–Crippen MR) is 79.1 cm³/mol. The van der Waals surface area contributed by atoms with Crippen molar-refractivity contribution in [2.45, 2.75) is 12.3 Å². The summed E-state index contributed by atoms with van der Waals surface area (Å²) in [7, 11) is 0. The lowest BCUT2D eigenvalue weighted by atomic mass is 9.76. The molecule has 0 amide bonds. The Morgan fingerprint density at radius 2 is 1.33 bits per heavy atom. The Labute approximate surface area is 121 Å². The summed E-state index contributed by atoms with van der Waals surface area (Å²) in [5.41, 5.74) is 10.8. The molecular weight excluding hydrogens is 272 g/mol. The molecule has 0 saturated heterocycles. The van der Waals surface area contributed by atoms with Crippen LogP contribution in [0.15, 0.2) is 36.4 Å². The highest BCUT2D eigenvalue weighted by Crippen LogP contribution is 2.37. The summed E-state index contributed by atoms with van der Waals surface area (Å²) in [5, 5.41) is 28.6. The standard InChI is InChI=1S/C15H16N2O4/c1-15(14(20)21,8-2-4-12(18)10(16)6-8)9-3-5-13(19)11(17)7-9/h2-7,18-19H,16-17H2,1H3,(H,20,21). The van der Waals surface area contributed by atoms with Gasteiger partial charge in [-0.1, -0.05) is 12.1 Å². The van der Waals surface area contributed by atoms with E-state index in [9.17, 15) is 20.1 Å². The first-order valence-corrected chi connectivity index (χ1v) is 6.18. The maximum atomic E-state index is 11.8. The molecule has 6 heteroatoms. The highest BCUT2D eigenvalue weighted by atomic mass is 16.4. The molecule has 110 valence electrons. The monoisotopic (exact) mass is 288 g/mol. The number of hydrogen-bond acceptors (Lipinski definition) is 5. The number of hydrogen-bond donors (Lipinski definition) is 5. The zero-order valence-corrected chi connectivity index (χ0v) is 11.4. The van der Waals surface area contributed by atoms with Gasteiger partial charge >= 0.3 is 5.97 Å². The number of aromatic hydroxyl groups is 2. The average Bonchev–Trinajstić information content (AvgIpc) is 2.43. The molecule has 0 aliphatic carbocycles. The van der Waals surface area contributed by atoms with Crippen molar-refractivity contribution in [3.05, 3.63) is 47.5 Å².